The van der Waals surface area contributed by atoms with E-state index in [2.05, 4.69) is 4.72 Å². The fourth-order valence-electron chi connectivity index (χ4n) is 3.53. The number of sulfonamides is 1. The van der Waals surface area contributed by atoms with Crippen molar-refractivity contribution in [1.82, 2.24) is 9.62 Å². The number of halogens is 1. The van der Waals surface area contributed by atoms with E-state index >= 15 is 0 Å². The average Bonchev–Trinajstić information content (AvgIpc) is 3.26. The van der Waals surface area contributed by atoms with Crippen molar-refractivity contribution < 1.29 is 41.7 Å². The largest absolute Gasteiger partial charge is 0.487 e. The molecule has 1 amide bonds. The van der Waals surface area contributed by atoms with Gasteiger partial charge in [-0.25, -0.2) is 22.3 Å². The fraction of sp³-hybridized carbons (Fsp3) is 0.636. The summed E-state index contributed by atoms with van der Waals surface area (Å²) in [7, 11) is -3.68. The summed E-state index contributed by atoms with van der Waals surface area (Å²) < 4.78 is 57.3. The molecule has 0 spiro atoms. The minimum absolute atomic E-state index is 0.0132. The summed E-state index contributed by atoms with van der Waals surface area (Å²) in [5.74, 6) is -1.84. The van der Waals surface area contributed by atoms with Crippen LogP contribution in [0.3, 0.4) is 0 Å². The number of aliphatic carboxylic acids is 1. The number of benzene rings is 1. The summed E-state index contributed by atoms with van der Waals surface area (Å²) in [6.07, 6.45) is 3.11. The molecule has 1 atom stereocenters. The molecular weight excluding hydrogens is 471 g/mol. The maximum Gasteiger partial charge on any atom is 0.412 e. The van der Waals surface area contributed by atoms with E-state index in [1.165, 1.54) is 18.2 Å². The maximum atomic E-state index is 14.1. The zero-order chi connectivity index (χ0) is 25.1. The number of amides is 1. The first-order valence-electron chi connectivity index (χ1n) is 11.3. The Bertz CT molecular complexity index is 921. The Kier molecular flexibility index (Phi) is 11.0. The molecule has 10 nitrogen and oxygen atoms in total. The Morgan fingerprint density at radius 2 is 2.00 bits per heavy atom. The second-order valence-electron chi connectivity index (χ2n) is 8.05. The number of nitrogens with one attached hydrogen (secondary N) is 1. The van der Waals surface area contributed by atoms with Crippen molar-refractivity contribution >= 4 is 22.1 Å². The van der Waals surface area contributed by atoms with Gasteiger partial charge in [0.1, 0.15) is 13.3 Å². The summed E-state index contributed by atoms with van der Waals surface area (Å²) in [4.78, 5) is 23.4. The highest BCUT2D eigenvalue weighted by atomic mass is 32.2. The molecule has 34 heavy (non-hydrogen) atoms. The molecule has 192 valence electrons. The van der Waals surface area contributed by atoms with E-state index in [9.17, 15) is 22.4 Å². The van der Waals surface area contributed by atoms with Crippen molar-refractivity contribution in [3.63, 3.8) is 0 Å². The molecule has 0 bridgehead atoms. The molecule has 0 aliphatic heterocycles. The minimum Gasteiger partial charge on any atom is -0.487 e. The number of rotatable bonds is 14. The molecule has 0 saturated heterocycles. The molecule has 0 radical (unpaired) electrons. The Balaban J connectivity index is 1.82. The molecule has 2 rings (SSSR count). The monoisotopic (exact) mass is 504 g/mol. The second kappa shape index (κ2) is 13.4. The van der Waals surface area contributed by atoms with Crippen LogP contribution in [0.4, 0.5) is 9.18 Å². The maximum absolute atomic E-state index is 14.1. The van der Waals surface area contributed by atoms with E-state index in [1.54, 1.807) is 13.8 Å². The lowest BCUT2D eigenvalue weighted by Crippen LogP contribution is -2.38. The van der Waals surface area contributed by atoms with Gasteiger partial charge in [-0.2, -0.15) is 0 Å². The molecule has 0 aromatic heterocycles. The van der Waals surface area contributed by atoms with Gasteiger partial charge in [0.05, 0.1) is 18.5 Å². The fourth-order valence-corrected chi connectivity index (χ4v) is 4.82. The average molecular weight is 505 g/mol. The van der Waals surface area contributed by atoms with Gasteiger partial charge in [-0.1, -0.05) is 6.07 Å². The number of ether oxygens (including phenoxy) is 3. The number of nitrogens with zero attached hydrogens (tertiary/aromatic N) is 1. The number of carbonyl (C=O) groups is 2. The minimum atomic E-state index is -3.68. The molecule has 1 unspecified atom stereocenters. The first kappa shape index (κ1) is 27.8. The molecular formula is C22H33FN2O8S. The van der Waals surface area contributed by atoms with Gasteiger partial charge in [-0.3, -0.25) is 9.69 Å². The Labute approximate surface area is 199 Å². The van der Waals surface area contributed by atoms with Crippen LogP contribution in [0.2, 0.25) is 0 Å². The number of hydrogen-bond acceptors (Lipinski definition) is 7. The van der Waals surface area contributed by atoms with E-state index in [0.717, 1.165) is 30.6 Å². The lowest BCUT2D eigenvalue weighted by molar-refractivity contribution is -0.139. The van der Waals surface area contributed by atoms with Gasteiger partial charge in [0.15, 0.2) is 11.6 Å². The Morgan fingerprint density at radius 3 is 2.65 bits per heavy atom. The summed E-state index contributed by atoms with van der Waals surface area (Å²) in [6, 6.07) is 3.70. The van der Waals surface area contributed by atoms with E-state index in [-0.39, 0.29) is 44.0 Å². The van der Waals surface area contributed by atoms with Crippen LogP contribution in [0.15, 0.2) is 18.2 Å². The van der Waals surface area contributed by atoms with Crippen LogP contribution < -0.4 is 9.46 Å². The van der Waals surface area contributed by atoms with Gasteiger partial charge in [0.2, 0.25) is 10.0 Å². The SMILES string of the molecule is CCOC(=O)N(COCCCS(=O)(=O)NC(C)c1ccc(F)c(OC2CCCC2)c1)CC(=O)O. The van der Waals surface area contributed by atoms with Crippen LogP contribution in [0, 0.1) is 5.82 Å². The molecule has 1 aliphatic rings. The normalized spacial score (nSPS) is 15.1. The van der Waals surface area contributed by atoms with Crippen LogP contribution in [0.1, 0.15) is 57.6 Å². The van der Waals surface area contributed by atoms with Crippen molar-refractivity contribution in [2.45, 2.75) is 58.1 Å². The number of carboxylic acid groups (broad SMARTS) is 1. The van der Waals surface area contributed by atoms with Gasteiger partial charge in [-0.15, -0.1) is 0 Å². The molecule has 1 saturated carbocycles. The van der Waals surface area contributed by atoms with Crippen LogP contribution in [0.5, 0.6) is 5.75 Å². The first-order chi connectivity index (χ1) is 16.1. The second-order valence-corrected chi connectivity index (χ2v) is 9.93. The molecule has 12 heteroatoms. The zero-order valence-corrected chi connectivity index (χ0v) is 20.3. The van der Waals surface area contributed by atoms with Crippen molar-refractivity contribution in [2.24, 2.45) is 0 Å². The molecule has 1 aliphatic carbocycles. The van der Waals surface area contributed by atoms with Crippen LogP contribution >= 0.6 is 0 Å². The van der Waals surface area contributed by atoms with Crippen LogP contribution in [0.25, 0.3) is 0 Å². The molecule has 0 heterocycles. The molecule has 1 fully saturated rings. The van der Waals surface area contributed by atoms with E-state index < -0.39 is 40.5 Å². The van der Waals surface area contributed by atoms with Crippen LogP contribution in [-0.2, 0) is 24.3 Å². The first-order valence-corrected chi connectivity index (χ1v) is 12.9. The quantitative estimate of drug-likeness (QED) is 0.292. The standard InChI is InChI=1S/C22H33FN2O8S/c1-3-32-22(28)25(14-21(26)27)15-31-11-6-12-34(29,30)24-16(2)17-9-10-19(23)20(13-17)33-18-7-4-5-8-18/h9-10,13,16,18,24H,3-8,11-12,14-15H2,1-2H3,(H,26,27). The van der Waals surface area contributed by atoms with E-state index in [0.29, 0.717) is 5.56 Å². The predicted octanol–water partition coefficient (Wildman–Crippen LogP) is 3.03. The zero-order valence-electron chi connectivity index (χ0n) is 19.5. The Hall–Kier alpha value is -2.44. The number of hydrogen-bond donors (Lipinski definition) is 2. The van der Waals surface area contributed by atoms with Gasteiger partial charge >= 0.3 is 12.1 Å². The topological polar surface area (TPSA) is 131 Å². The van der Waals surface area contributed by atoms with Gasteiger partial charge < -0.3 is 19.3 Å². The highest BCUT2D eigenvalue weighted by Gasteiger charge is 2.21. The highest BCUT2D eigenvalue weighted by molar-refractivity contribution is 7.89. The summed E-state index contributed by atoms with van der Waals surface area (Å²) in [5.41, 5.74) is 0.577. The van der Waals surface area contributed by atoms with Crippen molar-refractivity contribution in [2.75, 3.05) is 32.2 Å². The van der Waals surface area contributed by atoms with E-state index in [1.807, 2.05) is 0 Å². The summed E-state index contributed by atoms with van der Waals surface area (Å²) in [6.45, 7) is 2.38. The molecule has 1 aromatic rings. The lowest BCUT2D eigenvalue weighted by atomic mass is 10.1. The van der Waals surface area contributed by atoms with Crippen molar-refractivity contribution in [1.29, 1.82) is 0 Å². The lowest BCUT2D eigenvalue weighted by Gasteiger charge is -2.20. The van der Waals surface area contributed by atoms with Gasteiger partial charge in [-0.05, 0) is 63.6 Å². The summed E-state index contributed by atoms with van der Waals surface area (Å²) >= 11 is 0. The summed E-state index contributed by atoms with van der Waals surface area (Å²) in [5, 5.41) is 8.87. The third-order valence-electron chi connectivity index (χ3n) is 5.21. The van der Waals surface area contributed by atoms with E-state index in [4.69, 9.17) is 19.3 Å². The molecule has 2 N–H and O–H groups in total. The number of carbonyl (C=O) groups excluding carboxylic acids is 1. The predicted molar refractivity (Wildman–Crippen MR) is 121 cm³/mol. The Morgan fingerprint density at radius 1 is 1.29 bits per heavy atom. The molecule has 1 aromatic carbocycles. The number of carboxylic acids is 1. The van der Waals surface area contributed by atoms with Gasteiger partial charge in [0, 0.05) is 12.6 Å². The highest BCUT2D eigenvalue weighted by Crippen LogP contribution is 2.28. The smallest absolute Gasteiger partial charge is 0.412 e. The van der Waals surface area contributed by atoms with Crippen molar-refractivity contribution in [3.05, 3.63) is 29.6 Å². The van der Waals surface area contributed by atoms with Crippen molar-refractivity contribution in [3.8, 4) is 5.75 Å². The third kappa shape index (κ3) is 9.43. The third-order valence-corrected chi connectivity index (χ3v) is 6.75. The van der Waals surface area contributed by atoms with Gasteiger partial charge in [0.25, 0.3) is 0 Å². The van der Waals surface area contributed by atoms with Crippen LogP contribution in [-0.4, -0.2) is 68.8 Å².